The van der Waals surface area contributed by atoms with Crippen molar-refractivity contribution in [3.05, 3.63) is 34.9 Å². The van der Waals surface area contributed by atoms with Crippen molar-refractivity contribution in [3.63, 3.8) is 0 Å². The normalized spacial score (nSPS) is 20.3. The monoisotopic (exact) mass is 341 g/mol. The molecule has 5 nitrogen and oxygen atoms in total. The highest BCUT2D eigenvalue weighted by Crippen LogP contribution is 2.39. The van der Waals surface area contributed by atoms with Crippen molar-refractivity contribution >= 4 is 23.7 Å². The molecule has 1 aromatic rings. The molecule has 2 atom stereocenters. The van der Waals surface area contributed by atoms with Crippen molar-refractivity contribution in [1.82, 2.24) is 0 Å². The number of rotatable bonds is 2. The number of carbonyl (C=O) groups is 2. The summed E-state index contributed by atoms with van der Waals surface area (Å²) < 4.78 is 4.58. The molecule has 128 valence electrons. The number of carboxylic acid groups (broad SMARTS) is 1. The van der Waals surface area contributed by atoms with E-state index in [1.807, 2.05) is 24.3 Å². The van der Waals surface area contributed by atoms with Gasteiger partial charge in [-0.15, -0.1) is 0 Å². The molecule has 6 heteroatoms. The van der Waals surface area contributed by atoms with E-state index in [1.54, 1.807) is 20.8 Å². The van der Waals surface area contributed by atoms with Crippen LogP contribution in [0, 0.1) is 5.92 Å². The maximum absolute atomic E-state index is 11.0. The first-order valence-corrected chi connectivity index (χ1v) is 7.94. The van der Waals surface area contributed by atoms with Gasteiger partial charge in [0.2, 0.25) is 0 Å². The maximum atomic E-state index is 11.0. The van der Waals surface area contributed by atoms with E-state index in [9.17, 15) is 9.59 Å². The predicted molar refractivity (Wildman–Crippen MR) is 89.6 cm³/mol. The first-order valence-electron chi connectivity index (χ1n) is 7.57. The third-order valence-corrected chi connectivity index (χ3v) is 3.79. The molecule has 0 saturated heterocycles. The molecular weight excluding hydrogens is 318 g/mol. The Morgan fingerprint density at radius 3 is 2.17 bits per heavy atom. The lowest BCUT2D eigenvalue weighted by molar-refractivity contribution is -0.142. The summed E-state index contributed by atoms with van der Waals surface area (Å²) in [6.45, 7) is 5.28. The second kappa shape index (κ2) is 8.20. The van der Waals surface area contributed by atoms with Gasteiger partial charge in [-0.25, -0.2) is 4.79 Å². The van der Waals surface area contributed by atoms with Gasteiger partial charge in [-0.2, -0.15) is 0 Å². The summed E-state index contributed by atoms with van der Waals surface area (Å²) in [6, 6.07) is 7.53. The molecule has 1 aliphatic rings. The Morgan fingerprint density at radius 1 is 1.22 bits per heavy atom. The highest BCUT2D eigenvalue weighted by Gasteiger charge is 2.33. The van der Waals surface area contributed by atoms with Crippen molar-refractivity contribution in [2.45, 2.75) is 51.6 Å². The van der Waals surface area contributed by atoms with E-state index < -0.39 is 17.7 Å². The van der Waals surface area contributed by atoms with Crippen molar-refractivity contribution in [3.8, 4) is 0 Å². The predicted octanol–water partition coefficient (Wildman–Crippen LogP) is 4.19. The van der Waals surface area contributed by atoms with Crippen LogP contribution in [-0.4, -0.2) is 22.8 Å². The van der Waals surface area contributed by atoms with Crippen LogP contribution in [0.4, 0.5) is 4.79 Å². The minimum absolute atomic E-state index is 0.166. The van der Waals surface area contributed by atoms with Crippen molar-refractivity contribution in [1.29, 1.82) is 0 Å². The number of halogens is 1. The summed E-state index contributed by atoms with van der Waals surface area (Å²) in [4.78, 5) is 21.0. The van der Waals surface area contributed by atoms with Gasteiger partial charge in [0.15, 0.2) is 0 Å². The Bertz CT molecular complexity index is 537. The zero-order valence-electron chi connectivity index (χ0n) is 13.7. The number of ether oxygens (including phenoxy) is 1. The Hall–Kier alpha value is -1.75. The molecule has 2 rings (SSSR count). The first-order chi connectivity index (χ1) is 10.6. The second-order valence-corrected chi connectivity index (χ2v) is 7.00. The van der Waals surface area contributed by atoms with Gasteiger partial charge in [-0.05, 0) is 57.2 Å². The van der Waals surface area contributed by atoms with Crippen LogP contribution in [0.15, 0.2) is 24.3 Å². The number of amides is 1. The van der Waals surface area contributed by atoms with E-state index in [-0.39, 0.29) is 11.8 Å². The van der Waals surface area contributed by atoms with E-state index in [2.05, 4.69) is 4.74 Å². The highest BCUT2D eigenvalue weighted by atomic mass is 35.5. The Balaban J connectivity index is 0.000000284. The molecule has 3 N–H and O–H groups in total. The molecule has 0 bridgehead atoms. The third kappa shape index (κ3) is 6.91. The van der Waals surface area contributed by atoms with Gasteiger partial charge < -0.3 is 15.6 Å². The van der Waals surface area contributed by atoms with Crippen LogP contribution >= 0.6 is 11.6 Å². The lowest BCUT2D eigenvalue weighted by Gasteiger charge is -2.16. The minimum Gasteiger partial charge on any atom is -0.481 e. The van der Waals surface area contributed by atoms with Gasteiger partial charge >= 0.3 is 12.1 Å². The van der Waals surface area contributed by atoms with Crippen molar-refractivity contribution < 1.29 is 19.4 Å². The van der Waals surface area contributed by atoms with Crippen LogP contribution in [0.2, 0.25) is 5.02 Å². The topological polar surface area (TPSA) is 89.6 Å². The molecule has 0 radical (unpaired) electrons. The summed E-state index contributed by atoms with van der Waals surface area (Å²) in [6.07, 6.45) is 2.04. The molecule has 1 amide bonds. The average Bonchev–Trinajstić information content (AvgIpc) is 2.86. The fourth-order valence-electron chi connectivity index (χ4n) is 2.67. The Kier molecular flexibility index (Phi) is 6.88. The number of aliphatic carboxylic acids is 1. The molecular formula is C17H24ClNO4. The fraction of sp³-hybridized carbons (Fsp3) is 0.529. The number of hydrogen-bond acceptors (Lipinski definition) is 3. The van der Waals surface area contributed by atoms with E-state index in [0.29, 0.717) is 5.02 Å². The number of benzene rings is 1. The minimum atomic E-state index is -0.725. The molecule has 23 heavy (non-hydrogen) atoms. The van der Waals surface area contributed by atoms with Gasteiger partial charge in [0.05, 0.1) is 5.92 Å². The fourth-order valence-corrected chi connectivity index (χ4v) is 2.79. The first kappa shape index (κ1) is 19.3. The Morgan fingerprint density at radius 2 is 1.78 bits per heavy atom. The summed E-state index contributed by atoms with van der Waals surface area (Å²) in [5, 5.41) is 9.77. The lowest BCUT2D eigenvalue weighted by Crippen LogP contribution is -2.27. The molecule has 0 aromatic heterocycles. The molecule has 1 aliphatic carbocycles. The molecule has 1 saturated carbocycles. The van der Waals surface area contributed by atoms with E-state index in [1.165, 1.54) is 0 Å². The second-order valence-electron chi connectivity index (χ2n) is 6.57. The molecule has 0 spiro atoms. The van der Waals surface area contributed by atoms with Crippen molar-refractivity contribution in [2.75, 3.05) is 0 Å². The molecule has 1 unspecified atom stereocenters. The van der Waals surface area contributed by atoms with E-state index in [0.717, 1.165) is 24.8 Å². The molecule has 0 heterocycles. The smallest absolute Gasteiger partial charge is 0.405 e. The number of carboxylic acids is 1. The van der Waals surface area contributed by atoms with Gasteiger partial charge in [0.25, 0.3) is 0 Å². The third-order valence-electron chi connectivity index (χ3n) is 3.54. The zero-order valence-corrected chi connectivity index (χ0v) is 14.5. The van der Waals surface area contributed by atoms with Crippen LogP contribution in [0.3, 0.4) is 0 Å². The van der Waals surface area contributed by atoms with Crippen molar-refractivity contribution in [2.24, 2.45) is 11.7 Å². The van der Waals surface area contributed by atoms with Gasteiger partial charge in [-0.1, -0.05) is 30.2 Å². The summed E-state index contributed by atoms with van der Waals surface area (Å²) in [5.41, 5.74) is 5.37. The Labute approximate surface area is 141 Å². The number of hydrogen-bond donors (Lipinski definition) is 2. The maximum Gasteiger partial charge on any atom is 0.405 e. The molecule has 0 aliphatic heterocycles. The zero-order chi connectivity index (χ0) is 17.6. The van der Waals surface area contributed by atoms with Crippen LogP contribution in [-0.2, 0) is 9.53 Å². The van der Waals surface area contributed by atoms with Crippen LogP contribution < -0.4 is 5.73 Å². The standard InChI is InChI=1S/C12H13ClO2.C5H11NO2/c13-9-6-4-8(5-7-9)10-2-1-3-11(10)12(14)15;1-5(2,3)8-4(6)7/h4-7,10-11H,1-3H2,(H,14,15);1-3H3,(H2,6,7)/t10?,11-;/m1./s1. The summed E-state index contributed by atoms with van der Waals surface area (Å²) in [5.74, 6) is -0.724. The average molecular weight is 342 g/mol. The largest absolute Gasteiger partial charge is 0.481 e. The van der Waals surface area contributed by atoms with E-state index >= 15 is 0 Å². The van der Waals surface area contributed by atoms with Crippen LogP contribution in [0.1, 0.15) is 51.5 Å². The summed E-state index contributed by atoms with van der Waals surface area (Å²) >= 11 is 5.80. The van der Waals surface area contributed by atoms with E-state index in [4.69, 9.17) is 22.4 Å². The molecule has 1 aromatic carbocycles. The number of carbonyl (C=O) groups excluding carboxylic acids is 1. The van der Waals surface area contributed by atoms with Gasteiger partial charge in [-0.3, -0.25) is 4.79 Å². The number of primary amides is 1. The highest BCUT2D eigenvalue weighted by molar-refractivity contribution is 6.30. The number of nitrogens with two attached hydrogens (primary N) is 1. The van der Waals surface area contributed by atoms with Crippen LogP contribution in [0.5, 0.6) is 0 Å². The SMILES string of the molecule is CC(C)(C)OC(N)=O.O=C(O)[C@@H]1CCCC1c1ccc(Cl)cc1. The summed E-state index contributed by atoms with van der Waals surface area (Å²) in [7, 11) is 0. The quantitative estimate of drug-likeness (QED) is 0.844. The molecule has 1 fully saturated rings. The lowest BCUT2D eigenvalue weighted by atomic mass is 9.89. The van der Waals surface area contributed by atoms with Crippen LogP contribution in [0.25, 0.3) is 0 Å². The van der Waals surface area contributed by atoms with Gasteiger partial charge in [0, 0.05) is 5.02 Å². The van der Waals surface area contributed by atoms with Gasteiger partial charge in [0.1, 0.15) is 5.60 Å².